The van der Waals surface area contributed by atoms with Gasteiger partial charge in [0.15, 0.2) is 5.78 Å². The molecule has 2 aromatic rings. The molecule has 3 rings (SSSR count). The third kappa shape index (κ3) is 2.88. The maximum Gasteiger partial charge on any atom is 0.258 e. The van der Waals surface area contributed by atoms with Crippen LogP contribution in [0.4, 0.5) is 14.5 Å². The Morgan fingerprint density at radius 3 is 2.70 bits per heavy atom. The van der Waals surface area contributed by atoms with Crippen LogP contribution in [-0.2, 0) is 6.42 Å². The molecule has 1 amide bonds. The van der Waals surface area contributed by atoms with Crippen molar-refractivity contribution in [3.63, 3.8) is 0 Å². The highest BCUT2D eigenvalue weighted by atomic mass is 19.1. The third-order valence-corrected chi connectivity index (χ3v) is 3.96. The monoisotopic (exact) mass is 318 g/mol. The van der Waals surface area contributed by atoms with Crippen LogP contribution in [0.5, 0.6) is 0 Å². The molecule has 0 radical (unpaired) electrons. The fourth-order valence-corrected chi connectivity index (χ4v) is 2.95. The Kier molecular flexibility index (Phi) is 3.55. The summed E-state index contributed by atoms with van der Waals surface area (Å²) in [5, 5.41) is 2.38. The second-order valence-electron chi connectivity index (χ2n) is 6.58. The summed E-state index contributed by atoms with van der Waals surface area (Å²) in [4.78, 5) is 27.6. The largest absolute Gasteiger partial charge is 0.364 e. The van der Waals surface area contributed by atoms with E-state index >= 15 is 0 Å². The molecule has 0 fully saturated rings. The molecule has 0 bridgehead atoms. The van der Waals surface area contributed by atoms with E-state index in [1.807, 2.05) is 13.8 Å². The molecule has 1 aliphatic carbocycles. The first-order valence-corrected chi connectivity index (χ1v) is 7.27. The number of aromatic nitrogens is 1. The molecule has 2 N–H and O–H groups in total. The van der Waals surface area contributed by atoms with Crippen molar-refractivity contribution < 1.29 is 18.4 Å². The Morgan fingerprint density at radius 2 is 2.00 bits per heavy atom. The lowest BCUT2D eigenvalue weighted by atomic mass is 9.75. The fraction of sp³-hybridized carbons (Fsp3) is 0.294. The molecule has 0 saturated heterocycles. The van der Waals surface area contributed by atoms with Crippen LogP contribution in [0.2, 0.25) is 0 Å². The Bertz CT molecular complexity index is 809. The van der Waals surface area contributed by atoms with Crippen molar-refractivity contribution >= 4 is 17.4 Å². The molecule has 0 aliphatic heterocycles. The zero-order chi connectivity index (χ0) is 16.8. The van der Waals surface area contributed by atoms with Crippen molar-refractivity contribution in [3.05, 3.63) is 52.9 Å². The van der Waals surface area contributed by atoms with E-state index in [4.69, 9.17) is 0 Å². The lowest BCUT2D eigenvalue weighted by Gasteiger charge is -2.28. The summed E-state index contributed by atoms with van der Waals surface area (Å²) in [6, 6.07) is 2.89. The van der Waals surface area contributed by atoms with Gasteiger partial charge in [0.2, 0.25) is 0 Å². The number of hydrogen-bond acceptors (Lipinski definition) is 2. The van der Waals surface area contributed by atoms with Crippen LogP contribution in [0.15, 0.2) is 24.4 Å². The first-order valence-electron chi connectivity index (χ1n) is 7.27. The molecule has 6 heteroatoms. The number of Topliss-reactive ketones (excluding diaryl/α,β-unsaturated/α-hetero) is 1. The Morgan fingerprint density at radius 1 is 1.26 bits per heavy atom. The molecule has 4 nitrogen and oxygen atoms in total. The van der Waals surface area contributed by atoms with Gasteiger partial charge in [-0.1, -0.05) is 13.8 Å². The number of carbonyl (C=O) groups is 2. The lowest BCUT2D eigenvalue weighted by Crippen LogP contribution is -2.28. The Hall–Kier alpha value is -2.50. The number of benzene rings is 1. The van der Waals surface area contributed by atoms with Crippen molar-refractivity contribution in [2.75, 3.05) is 5.32 Å². The standard InChI is InChI=1S/C17H16F2N2O2/c1-17(2)6-13-15(14(22)7-17)10(8-20-13)16(23)21-12-4-3-9(18)5-11(12)19/h3-5,8,20H,6-7H2,1-2H3,(H,21,23). The minimum atomic E-state index is -0.866. The molecule has 0 saturated carbocycles. The second kappa shape index (κ2) is 5.30. The summed E-state index contributed by atoms with van der Waals surface area (Å²) in [5.41, 5.74) is 0.977. The number of carbonyl (C=O) groups excluding carboxylic acids is 2. The molecule has 1 aromatic carbocycles. The number of nitrogens with one attached hydrogen (secondary N) is 2. The molecule has 1 aromatic heterocycles. The fourth-order valence-electron chi connectivity index (χ4n) is 2.95. The number of aromatic amines is 1. The van der Waals surface area contributed by atoms with Crippen LogP contribution in [0.1, 0.15) is 46.7 Å². The van der Waals surface area contributed by atoms with Gasteiger partial charge in [-0.05, 0) is 24.0 Å². The number of ketones is 1. The van der Waals surface area contributed by atoms with E-state index in [-0.39, 0.29) is 22.4 Å². The second-order valence-corrected chi connectivity index (χ2v) is 6.58. The number of rotatable bonds is 2. The van der Waals surface area contributed by atoms with E-state index in [0.717, 1.165) is 17.8 Å². The van der Waals surface area contributed by atoms with Crippen molar-refractivity contribution in [3.8, 4) is 0 Å². The van der Waals surface area contributed by atoms with Crippen molar-refractivity contribution in [1.82, 2.24) is 4.98 Å². The van der Waals surface area contributed by atoms with Gasteiger partial charge in [0.25, 0.3) is 5.91 Å². The molecule has 1 heterocycles. The summed E-state index contributed by atoms with van der Waals surface area (Å²) in [7, 11) is 0. The Balaban J connectivity index is 1.90. The number of anilines is 1. The average Bonchev–Trinajstić information content (AvgIpc) is 2.84. The van der Waals surface area contributed by atoms with Gasteiger partial charge in [-0.2, -0.15) is 0 Å². The number of H-pyrrole nitrogens is 1. The maximum absolute atomic E-state index is 13.6. The topological polar surface area (TPSA) is 62.0 Å². The molecule has 120 valence electrons. The minimum Gasteiger partial charge on any atom is -0.364 e. The van der Waals surface area contributed by atoms with E-state index in [1.165, 1.54) is 6.20 Å². The maximum atomic E-state index is 13.6. The quantitative estimate of drug-likeness (QED) is 0.887. The first kappa shape index (κ1) is 15.4. The van der Waals surface area contributed by atoms with Gasteiger partial charge in [0, 0.05) is 24.4 Å². The predicted molar refractivity (Wildman–Crippen MR) is 81.5 cm³/mol. The summed E-state index contributed by atoms with van der Waals surface area (Å²) in [6.07, 6.45) is 2.47. The number of fused-ring (bicyclic) bond motifs is 1. The van der Waals surface area contributed by atoms with Gasteiger partial charge >= 0.3 is 0 Å². The van der Waals surface area contributed by atoms with Crippen LogP contribution >= 0.6 is 0 Å². The number of amides is 1. The van der Waals surface area contributed by atoms with Crippen molar-refractivity contribution in [2.24, 2.45) is 5.41 Å². The van der Waals surface area contributed by atoms with Gasteiger partial charge in [-0.3, -0.25) is 9.59 Å². The molecule has 23 heavy (non-hydrogen) atoms. The molecule has 0 spiro atoms. The highest BCUT2D eigenvalue weighted by Crippen LogP contribution is 2.35. The molecule has 0 unspecified atom stereocenters. The zero-order valence-electron chi connectivity index (χ0n) is 12.8. The molecule has 1 aliphatic rings. The molecular weight excluding hydrogens is 302 g/mol. The lowest BCUT2D eigenvalue weighted by molar-refractivity contribution is 0.0902. The zero-order valence-corrected chi connectivity index (χ0v) is 12.8. The van der Waals surface area contributed by atoms with E-state index in [1.54, 1.807) is 0 Å². The van der Waals surface area contributed by atoms with E-state index in [0.29, 0.717) is 24.5 Å². The van der Waals surface area contributed by atoms with E-state index < -0.39 is 17.5 Å². The van der Waals surface area contributed by atoms with E-state index in [9.17, 15) is 18.4 Å². The number of halogens is 2. The molecular formula is C17H16F2N2O2. The molecule has 0 atom stereocenters. The average molecular weight is 318 g/mol. The highest BCUT2D eigenvalue weighted by Gasteiger charge is 2.35. The normalized spacial score (nSPS) is 16.1. The van der Waals surface area contributed by atoms with Crippen LogP contribution in [-0.4, -0.2) is 16.7 Å². The number of hydrogen-bond donors (Lipinski definition) is 2. The minimum absolute atomic E-state index is 0.109. The van der Waals surface area contributed by atoms with Gasteiger partial charge in [-0.15, -0.1) is 0 Å². The summed E-state index contributed by atoms with van der Waals surface area (Å²) >= 11 is 0. The summed E-state index contributed by atoms with van der Waals surface area (Å²) < 4.78 is 26.5. The van der Waals surface area contributed by atoms with Gasteiger partial charge in [0.1, 0.15) is 11.6 Å². The van der Waals surface area contributed by atoms with Crippen LogP contribution < -0.4 is 5.32 Å². The smallest absolute Gasteiger partial charge is 0.258 e. The summed E-state index contributed by atoms with van der Waals surface area (Å²) in [5.74, 6) is -2.30. The van der Waals surface area contributed by atoms with Crippen LogP contribution in [0.3, 0.4) is 0 Å². The highest BCUT2D eigenvalue weighted by molar-refractivity contribution is 6.13. The summed E-state index contributed by atoms with van der Waals surface area (Å²) in [6.45, 7) is 3.98. The van der Waals surface area contributed by atoms with Crippen LogP contribution in [0, 0.1) is 17.0 Å². The van der Waals surface area contributed by atoms with Gasteiger partial charge in [0.05, 0.1) is 16.8 Å². The van der Waals surface area contributed by atoms with E-state index in [2.05, 4.69) is 10.3 Å². The van der Waals surface area contributed by atoms with Gasteiger partial charge < -0.3 is 10.3 Å². The van der Waals surface area contributed by atoms with Crippen LogP contribution in [0.25, 0.3) is 0 Å². The Labute approximate surface area is 131 Å². The predicted octanol–water partition coefficient (Wildman–Crippen LogP) is 3.70. The first-order chi connectivity index (χ1) is 10.8. The SMILES string of the molecule is CC1(C)CC(=O)c2c(C(=O)Nc3ccc(F)cc3F)c[nH]c2C1. The van der Waals surface area contributed by atoms with Gasteiger partial charge in [-0.25, -0.2) is 8.78 Å². The third-order valence-electron chi connectivity index (χ3n) is 3.96. The van der Waals surface area contributed by atoms with Crippen molar-refractivity contribution in [1.29, 1.82) is 0 Å². The van der Waals surface area contributed by atoms with Crippen molar-refractivity contribution in [2.45, 2.75) is 26.7 Å².